The summed E-state index contributed by atoms with van der Waals surface area (Å²) in [6.45, 7) is 12.8. The first kappa shape index (κ1) is 11.5. The smallest absolute Gasteiger partial charge is 0 e. The van der Waals surface area contributed by atoms with E-state index in [0.717, 1.165) is 5.92 Å². The zero-order valence-electron chi connectivity index (χ0n) is 7.11. The maximum absolute atomic E-state index is 3.00. The van der Waals surface area contributed by atoms with Gasteiger partial charge in [0, 0.05) is 1.43 Å². The second-order valence-electron chi connectivity index (χ2n) is 2.30. The molecule has 0 aromatic heterocycles. The van der Waals surface area contributed by atoms with Crippen molar-refractivity contribution in [3.8, 4) is 0 Å². The average Bonchev–Trinajstić information content (AvgIpc) is 1.93. The molecule has 0 aliphatic rings. The zero-order chi connectivity index (χ0) is 7.70. The average molecular weight is 130 g/mol. The van der Waals surface area contributed by atoms with Gasteiger partial charge in [-0.15, -0.1) is 13.2 Å². The van der Waals surface area contributed by atoms with Crippen LogP contribution in [0, 0.1) is 5.92 Å². The van der Waals surface area contributed by atoms with Crippen LogP contribution in [-0.2, 0) is 0 Å². The minimum atomic E-state index is 0. The van der Waals surface area contributed by atoms with Gasteiger partial charge in [0.15, 0.2) is 0 Å². The van der Waals surface area contributed by atoms with Gasteiger partial charge in [0.05, 0.1) is 0 Å². The van der Waals surface area contributed by atoms with E-state index in [1.54, 1.807) is 0 Å². The zero-order valence-corrected chi connectivity index (χ0v) is 7.11. The third-order valence-corrected chi connectivity index (χ3v) is 1.48. The molecule has 0 aromatic rings. The Labute approximate surface area is 61.5 Å². The lowest BCUT2D eigenvalue weighted by Gasteiger charge is -2.02. The maximum atomic E-state index is 3.00. The Bertz CT molecular complexity index is 44.0. The van der Waals surface area contributed by atoms with Crippen LogP contribution in [0.25, 0.3) is 0 Å². The molecule has 0 bridgehead atoms. The quantitative estimate of drug-likeness (QED) is 0.508. The lowest BCUT2D eigenvalue weighted by atomic mass is 10.0. The van der Waals surface area contributed by atoms with Crippen molar-refractivity contribution < 1.29 is 1.43 Å². The van der Waals surface area contributed by atoms with Crippen LogP contribution in [0.3, 0.4) is 0 Å². The van der Waals surface area contributed by atoms with Gasteiger partial charge in [-0.3, -0.25) is 0 Å². The van der Waals surface area contributed by atoms with E-state index >= 15 is 0 Å². The van der Waals surface area contributed by atoms with Crippen molar-refractivity contribution in [3.63, 3.8) is 0 Å². The predicted octanol–water partition coefficient (Wildman–Crippen LogP) is 3.88. The highest BCUT2D eigenvalue weighted by Crippen LogP contribution is 2.07. The second kappa shape index (κ2) is 10.7. The predicted molar refractivity (Wildman–Crippen MR) is 47.7 cm³/mol. The van der Waals surface area contributed by atoms with Crippen molar-refractivity contribution in [2.75, 3.05) is 0 Å². The molecule has 1 unspecified atom stereocenters. The van der Waals surface area contributed by atoms with Gasteiger partial charge in [-0.2, -0.15) is 0 Å². The molecule has 0 aliphatic carbocycles. The lowest BCUT2D eigenvalue weighted by Crippen LogP contribution is -1.88. The molecule has 0 heteroatoms. The molecule has 0 saturated heterocycles. The Morgan fingerprint density at radius 2 is 1.78 bits per heavy atom. The van der Waals surface area contributed by atoms with Gasteiger partial charge >= 0.3 is 0 Å². The van der Waals surface area contributed by atoms with Crippen LogP contribution in [0.15, 0.2) is 13.2 Å². The van der Waals surface area contributed by atoms with Gasteiger partial charge in [-0.25, -0.2) is 0 Å². The molecule has 0 heterocycles. The molecule has 0 fully saturated rings. The van der Waals surface area contributed by atoms with Crippen molar-refractivity contribution in [1.82, 2.24) is 0 Å². The first-order chi connectivity index (χ1) is 4.31. The molecular formula is C9H22. The van der Waals surface area contributed by atoms with Gasteiger partial charge in [0.2, 0.25) is 0 Å². The summed E-state index contributed by atoms with van der Waals surface area (Å²) in [7, 11) is 0. The molecule has 58 valence electrons. The fourth-order valence-corrected chi connectivity index (χ4v) is 0.697. The van der Waals surface area contributed by atoms with Crippen molar-refractivity contribution in [3.05, 3.63) is 13.2 Å². The lowest BCUT2D eigenvalue weighted by molar-refractivity contribution is 0.509. The van der Waals surface area contributed by atoms with E-state index in [9.17, 15) is 0 Å². The minimum absolute atomic E-state index is 0. The monoisotopic (exact) mass is 130 g/mol. The Morgan fingerprint density at radius 1 is 1.33 bits per heavy atom. The highest BCUT2D eigenvalue weighted by Gasteiger charge is 1.92. The highest BCUT2D eigenvalue weighted by molar-refractivity contribution is 4.45. The standard InChI is InChI=1S/C7H16.C2H4.H2/c1-4-6-7(3)5-2;1-2;/h7H,4-6H2,1-3H3;1-2H2;1H. The van der Waals surface area contributed by atoms with Gasteiger partial charge in [-0.1, -0.05) is 40.0 Å². The summed E-state index contributed by atoms with van der Waals surface area (Å²) in [6, 6.07) is 0. The fourth-order valence-electron chi connectivity index (χ4n) is 0.697. The molecule has 0 N–H and O–H groups in total. The van der Waals surface area contributed by atoms with E-state index in [2.05, 4.69) is 33.9 Å². The van der Waals surface area contributed by atoms with E-state index in [4.69, 9.17) is 0 Å². The van der Waals surface area contributed by atoms with E-state index < -0.39 is 0 Å². The van der Waals surface area contributed by atoms with Crippen molar-refractivity contribution >= 4 is 0 Å². The normalized spacial score (nSPS) is 11.4. The minimum Gasteiger partial charge on any atom is -0.106 e. The molecule has 0 rings (SSSR count). The molecule has 0 radical (unpaired) electrons. The Balaban J connectivity index is -0.000000149. The van der Waals surface area contributed by atoms with Crippen molar-refractivity contribution in [1.29, 1.82) is 0 Å². The fraction of sp³-hybridized carbons (Fsp3) is 0.778. The first-order valence-electron chi connectivity index (χ1n) is 3.81. The van der Waals surface area contributed by atoms with Crippen LogP contribution in [0.5, 0.6) is 0 Å². The Hall–Kier alpha value is -0.260. The van der Waals surface area contributed by atoms with Gasteiger partial charge in [-0.05, 0) is 5.92 Å². The molecule has 0 aliphatic heterocycles. The molecule has 0 spiro atoms. The number of hydrogen-bond acceptors (Lipinski definition) is 0. The Kier molecular flexibility index (Phi) is 13.7. The summed E-state index contributed by atoms with van der Waals surface area (Å²) in [5.74, 6) is 0.949. The third kappa shape index (κ3) is 11.4. The Morgan fingerprint density at radius 3 is 1.89 bits per heavy atom. The second-order valence-corrected chi connectivity index (χ2v) is 2.30. The van der Waals surface area contributed by atoms with Crippen LogP contribution in [0.4, 0.5) is 0 Å². The molecule has 1 atom stereocenters. The summed E-state index contributed by atoms with van der Waals surface area (Å²) < 4.78 is 0. The SMILES string of the molecule is C=C.CCCC(C)CC.[HH]. The van der Waals surface area contributed by atoms with E-state index in [0.29, 0.717) is 0 Å². The number of hydrogen-bond donors (Lipinski definition) is 0. The molecular weight excluding hydrogens is 108 g/mol. The van der Waals surface area contributed by atoms with Gasteiger partial charge in [0.25, 0.3) is 0 Å². The molecule has 0 amide bonds. The van der Waals surface area contributed by atoms with Gasteiger partial charge < -0.3 is 0 Å². The van der Waals surface area contributed by atoms with E-state index in [-0.39, 0.29) is 1.43 Å². The van der Waals surface area contributed by atoms with Crippen LogP contribution < -0.4 is 0 Å². The van der Waals surface area contributed by atoms with Gasteiger partial charge in [0.1, 0.15) is 0 Å². The van der Waals surface area contributed by atoms with Crippen LogP contribution in [-0.4, -0.2) is 0 Å². The first-order valence-corrected chi connectivity index (χ1v) is 3.81. The molecule has 0 aromatic carbocycles. The topological polar surface area (TPSA) is 0 Å². The van der Waals surface area contributed by atoms with E-state index in [1.165, 1.54) is 19.3 Å². The number of rotatable bonds is 3. The summed E-state index contributed by atoms with van der Waals surface area (Å²) in [5.41, 5.74) is 0. The third-order valence-electron chi connectivity index (χ3n) is 1.48. The van der Waals surface area contributed by atoms with E-state index in [1.807, 2.05) is 0 Å². The van der Waals surface area contributed by atoms with Crippen LogP contribution in [0.1, 0.15) is 41.5 Å². The molecule has 0 nitrogen and oxygen atoms in total. The van der Waals surface area contributed by atoms with Crippen LogP contribution in [0.2, 0.25) is 0 Å². The molecule has 9 heavy (non-hydrogen) atoms. The summed E-state index contributed by atoms with van der Waals surface area (Å²) >= 11 is 0. The van der Waals surface area contributed by atoms with Crippen molar-refractivity contribution in [2.24, 2.45) is 5.92 Å². The summed E-state index contributed by atoms with van der Waals surface area (Å²) in [6.07, 6.45) is 4.08. The maximum Gasteiger partial charge on any atom is 0 e. The highest BCUT2D eigenvalue weighted by atomic mass is 14.0. The van der Waals surface area contributed by atoms with Crippen molar-refractivity contribution in [2.45, 2.75) is 40.0 Å². The largest absolute Gasteiger partial charge is 0.106 e. The van der Waals surface area contributed by atoms with Crippen LogP contribution >= 0.6 is 0 Å². The molecule has 0 saturated carbocycles. The summed E-state index contributed by atoms with van der Waals surface area (Å²) in [4.78, 5) is 0. The summed E-state index contributed by atoms with van der Waals surface area (Å²) in [5, 5.41) is 0.